The molecule has 1 aliphatic heterocycles. The standard InChI is InChI=1S/C22H36F3N3O5Si/c1-16(11-19(29)31-2)13-33-14-17-7-6-8-27(17)18-12-26-28(15-32-9-10-34(3,4)5)21(30)20(18)22(23,24)25/h12,16-17H,6-11,13-15H2,1-5H3/t16?,17-/m0/s1. The summed E-state index contributed by atoms with van der Waals surface area (Å²) in [5.74, 6) is -0.427. The number of hydrogen-bond donors (Lipinski definition) is 0. The lowest BCUT2D eigenvalue weighted by molar-refractivity contribution is -0.142. The number of alkyl halides is 3. The van der Waals surface area contributed by atoms with Crippen molar-refractivity contribution in [1.29, 1.82) is 0 Å². The van der Waals surface area contributed by atoms with Crippen molar-refractivity contribution in [3.8, 4) is 0 Å². The van der Waals surface area contributed by atoms with Crippen LogP contribution in [0, 0.1) is 5.92 Å². The summed E-state index contributed by atoms with van der Waals surface area (Å²) in [6.45, 7) is 9.19. The number of rotatable bonds is 12. The number of aromatic nitrogens is 2. The number of carbonyl (C=O) groups is 1. The molecule has 1 saturated heterocycles. The van der Waals surface area contributed by atoms with Crippen molar-refractivity contribution in [2.24, 2.45) is 5.92 Å². The Balaban J connectivity index is 2.12. The first kappa shape index (κ1) is 28.3. The van der Waals surface area contributed by atoms with Gasteiger partial charge in [0, 0.05) is 27.8 Å². The van der Waals surface area contributed by atoms with Crippen LogP contribution in [0.5, 0.6) is 0 Å². The second-order valence-corrected chi connectivity index (χ2v) is 15.6. The topological polar surface area (TPSA) is 82.9 Å². The quantitative estimate of drug-likeness (QED) is 0.242. The van der Waals surface area contributed by atoms with E-state index in [1.54, 1.807) is 4.90 Å². The predicted molar refractivity (Wildman–Crippen MR) is 125 cm³/mol. The third kappa shape index (κ3) is 8.38. The second kappa shape index (κ2) is 12.2. The zero-order valence-corrected chi connectivity index (χ0v) is 21.6. The van der Waals surface area contributed by atoms with Crippen molar-refractivity contribution in [2.45, 2.75) is 70.8 Å². The average molecular weight is 508 g/mol. The summed E-state index contributed by atoms with van der Waals surface area (Å²) in [5, 5.41) is 3.97. The number of esters is 1. The van der Waals surface area contributed by atoms with E-state index < -0.39 is 25.4 Å². The first-order valence-electron chi connectivity index (χ1n) is 11.5. The molecule has 0 aliphatic carbocycles. The van der Waals surface area contributed by atoms with Crippen LogP contribution in [0.4, 0.5) is 18.9 Å². The molecule has 0 radical (unpaired) electrons. The summed E-state index contributed by atoms with van der Waals surface area (Å²) in [6.07, 6.45) is -2.23. The number of methoxy groups -OCH3 is 1. The minimum absolute atomic E-state index is 0.0837. The van der Waals surface area contributed by atoms with E-state index in [0.29, 0.717) is 26.0 Å². The fourth-order valence-electron chi connectivity index (χ4n) is 3.74. The van der Waals surface area contributed by atoms with Crippen molar-refractivity contribution in [2.75, 3.05) is 38.4 Å². The van der Waals surface area contributed by atoms with Crippen LogP contribution >= 0.6 is 0 Å². The summed E-state index contributed by atoms with van der Waals surface area (Å²) < 4.78 is 58.3. The molecule has 1 aromatic heterocycles. The highest BCUT2D eigenvalue weighted by molar-refractivity contribution is 6.76. The molecule has 1 aromatic rings. The Labute approximate surface area is 199 Å². The van der Waals surface area contributed by atoms with Gasteiger partial charge in [0.15, 0.2) is 0 Å². The fraction of sp³-hybridized carbons (Fsp3) is 0.773. The summed E-state index contributed by atoms with van der Waals surface area (Å²) in [5.41, 5.74) is -2.68. The van der Waals surface area contributed by atoms with Crippen LogP contribution in [0.25, 0.3) is 0 Å². The van der Waals surface area contributed by atoms with Crippen molar-refractivity contribution in [3.63, 3.8) is 0 Å². The third-order valence-corrected chi connectivity index (χ3v) is 7.36. The Bertz CT molecular complexity index is 873. The molecule has 8 nitrogen and oxygen atoms in total. The maximum absolute atomic E-state index is 13.9. The van der Waals surface area contributed by atoms with E-state index in [1.807, 2.05) is 6.92 Å². The van der Waals surface area contributed by atoms with Gasteiger partial charge in [-0.3, -0.25) is 9.59 Å². The van der Waals surface area contributed by atoms with Crippen LogP contribution in [0.15, 0.2) is 11.0 Å². The van der Waals surface area contributed by atoms with E-state index in [2.05, 4.69) is 29.5 Å². The molecule has 0 N–H and O–H groups in total. The fourth-order valence-corrected chi connectivity index (χ4v) is 4.50. The highest BCUT2D eigenvalue weighted by Crippen LogP contribution is 2.36. The minimum Gasteiger partial charge on any atom is -0.469 e. The number of nitrogens with zero attached hydrogens (tertiary/aromatic N) is 3. The first-order valence-corrected chi connectivity index (χ1v) is 15.2. The molecule has 0 spiro atoms. The molecule has 1 fully saturated rings. The van der Waals surface area contributed by atoms with Crippen LogP contribution in [0.1, 0.15) is 31.7 Å². The monoisotopic (exact) mass is 507 g/mol. The van der Waals surface area contributed by atoms with Gasteiger partial charge in [-0.15, -0.1) is 0 Å². The van der Waals surface area contributed by atoms with Crippen LogP contribution in [0.2, 0.25) is 25.7 Å². The number of ether oxygens (including phenoxy) is 3. The molecule has 0 saturated carbocycles. The smallest absolute Gasteiger partial charge is 0.423 e. The minimum atomic E-state index is -4.83. The van der Waals surface area contributed by atoms with E-state index in [0.717, 1.165) is 16.9 Å². The molecule has 0 aromatic carbocycles. The van der Waals surface area contributed by atoms with Gasteiger partial charge in [0.2, 0.25) is 0 Å². The molecular weight excluding hydrogens is 471 g/mol. The van der Waals surface area contributed by atoms with E-state index in [-0.39, 0.29) is 50.0 Å². The van der Waals surface area contributed by atoms with E-state index in [9.17, 15) is 22.8 Å². The van der Waals surface area contributed by atoms with Crippen LogP contribution in [0.3, 0.4) is 0 Å². The third-order valence-electron chi connectivity index (χ3n) is 5.66. The lowest BCUT2D eigenvalue weighted by Crippen LogP contribution is -2.39. The van der Waals surface area contributed by atoms with Crippen molar-refractivity contribution in [1.82, 2.24) is 9.78 Å². The summed E-state index contributed by atoms with van der Waals surface area (Å²) >= 11 is 0. The van der Waals surface area contributed by atoms with Crippen LogP contribution < -0.4 is 10.5 Å². The largest absolute Gasteiger partial charge is 0.469 e. The first-order chi connectivity index (χ1) is 15.8. The SMILES string of the molecule is COC(=O)CC(C)COC[C@@H]1CCCN1c1cnn(COCC[Si](C)(C)C)c(=O)c1C(F)(F)F. The van der Waals surface area contributed by atoms with Crippen LogP contribution in [-0.4, -0.2) is 63.3 Å². The zero-order chi connectivity index (χ0) is 25.5. The Hall–Kier alpha value is -1.92. The molecule has 0 bridgehead atoms. The summed E-state index contributed by atoms with van der Waals surface area (Å²) in [4.78, 5) is 25.6. The molecule has 194 valence electrons. The van der Waals surface area contributed by atoms with Gasteiger partial charge in [-0.05, 0) is 24.8 Å². The van der Waals surface area contributed by atoms with E-state index in [1.165, 1.54) is 7.11 Å². The van der Waals surface area contributed by atoms with Gasteiger partial charge in [-0.1, -0.05) is 26.6 Å². The van der Waals surface area contributed by atoms with Crippen molar-refractivity contribution >= 4 is 19.7 Å². The summed E-state index contributed by atoms with van der Waals surface area (Å²) in [6, 6.07) is 0.510. The van der Waals surface area contributed by atoms with Gasteiger partial charge in [0.05, 0.1) is 38.1 Å². The zero-order valence-electron chi connectivity index (χ0n) is 20.6. The lowest BCUT2D eigenvalue weighted by Gasteiger charge is -2.29. The maximum atomic E-state index is 13.9. The average Bonchev–Trinajstić information content (AvgIpc) is 3.18. The summed E-state index contributed by atoms with van der Waals surface area (Å²) in [7, 11) is -0.0557. The van der Waals surface area contributed by atoms with Gasteiger partial charge in [0.25, 0.3) is 5.56 Å². The van der Waals surface area contributed by atoms with Gasteiger partial charge in [0.1, 0.15) is 12.3 Å². The Kier molecular flexibility index (Phi) is 10.1. The van der Waals surface area contributed by atoms with Gasteiger partial charge in [-0.25, -0.2) is 4.68 Å². The lowest BCUT2D eigenvalue weighted by atomic mass is 10.1. The highest BCUT2D eigenvalue weighted by atomic mass is 28.3. The van der Waals surface area contributed by atoms with Gasteiger partial charge >= 0.3 is 12.1 Å². The van der Waals surface area contributed by atoms with Gasteiger partial charge in [-0.2, -0.15) is 18.3 Å². The molecule has 34 heavy (non-hydrogen) atoms. The molecule has 2 atom stereocenters. The van der Waals surface area contributed by atoms with E-state index >= 15 is 0 Å². The predicted octanol–water partition coefficient (Wildman–Crippen LogP) is 3.76. The second-order valence-electron chi connectivity index (χ2n) is 9.97. The number of hydrogen-bond acceptors (Lipinski definition) is 7. The molecule has 12 heteroatoms. The molecule has 1 unspecified atom stereocenters. The molecule has 0 amide bonds. The Morgan fingerprint density at radius 3 is 2.62 bits per heavy atom. The van der Waals surface area contributed by atoms with Crippen molar-refractivity contribution < 1.29 is 32.2 Å². The number of anilines is 1. The van der Waals surface area contributed by atoms with Crippen LogP contribution in [-0.2, 0) is 31.9 Å². The number of halogens is 3. The van der Waals surface area contributed by atoms with Gasteiger partial charge < -0.3 is 19.1 Å². The Morgan fingerprint density at radius 2 is 2.00 bits per heavy atom. The molecule has 2 rings (SSSR count). The maximum Gasteiger partial charge on any atom is 0.423 e. The van der Waals surface area contributed by atoms with E-state index in [4.69, 9.17) is 9.47 Å². The molecule has 2 heterocycles. The Morgan fingerprint density at radius 1 is 1.29 bits per heavy atom. The molecular formula is C22H36F3N3O5Si. The number of carbonyl (C=O) groups excluding carboxylic acids is 1. The normalized spacial score (nSPS) is 17.8. The molecule has 1 aliphatic rings. The van der Waals surface area contributed by atoms with Crippen molar-refractivity contribution in [3.05, 3.63) is 22.1 Å². The highest BCUT2D eigenvalue weighted by Gasteiger charge is 2.41.